The van der Waals surface area contributed by atoms with E-state index in [4.69, 9.17) is 5.73 Å². The minimum atomic E-state index is -1.15. The van der Waals surface area contributed by atoms with Gasteiger partial charge in [-0.15, -0.1) is 0 Å². The van der Waals surface area contributed by atoms with Crippen molar-refractivity contribution in [3.8, 4) is 0 Å². The lowest BCUT2D eigenvalue weighted by atomic mass is 9.83. The zero-order valence-corrected chi connectivity index (χ0v) is 19.8. The van der Waals surface area contributed by atoms with Crippen molar-refractivity contribution >= 4 is 29.7 Å². The van der Waals surface area contributed by atoms with E-state index in [1.54, 1.807) is 29.2 Å². The molecule has 1 atom stereocenters. The van der Waals surface area contributed by atoms with E-state index in [9.17, 15) is 19.8 Å². The van der Waals surface area contributed by atoms with Crippen LogP contribution in [0.15, 0.2) is 47.6 Å². The Balaban J connectivity index is 1.55. The molecule has 4 N–H and O–H groups in total. The Morgan fingerprint density at radius 1 is 1.09 bits per heavy atom. The maximum absolute atomic E-state index is 13.2. The number of fused-ring (bicyclic) bond motifs is 1. The number of rotatable bonds is 8. The molecule has 1 unspecified atom stereocenters. The second kappa shape index (κ2) is 10.7. The van der Waals surface area contributed by atoms with Crippen molar-refractivity contribution in [1.82, 2.24) is 9.91 Å². The van der Waals surface area contributed by atoms with Gasteiger partial charge in [-0.2, -0.15) is 16.9 Å². The summed E-state index contributed by atoms with van der Waals surface area (Å²) in [6, 6.07) is 12.8. The summed E-state index contributed by atoms with van der Waals surface area (Å²) < 4.78 is 0. The van der Waals surface area contributed by atoms with Crippen molar-refractivity contribution < 1.29 is 19.8 Å². The number of aliphatic carboxylic acids is 1. The lowest BCUT2D eigenvalue weighted by Gasteiger charge is -2.45. The Bertz CT molecular complexity index is 1070. The zero-order chi connectivity index (χ0) is 24.1. The van der Waals surface area contributed by atoms with Crippen molar-refractivity contribution in [2.75, 3.05) is 44.3 Å². The lowest BCUT2D eigenvalue weighted by Crippen LogP contribution is -2.58. The molecule has 2 aromatic rings. The highest BCUT2D eigenvalue weighted by atomic mass is 32.2. The largest absolute Gasteiger partial charge is 0.480 e. The summed E-state index contributed by atoms with van der Waals surface area (Å²) in [6.45, 7) is 1.94. The molecule has 0 spiro atoms. The molecule has 0 bridgehead atoms. The molecule has 2 heterocycles. The highest BCUT2D eigenvalue weighted by Crippen LogP contribution is 2.35. The number of hydrogen-bond donors (Lipinski definition) is 3. The maximum atomic E-state index is 13.2. The van der Waals surface area contributed by atoms with Crippen LogP contribution >= 0.6 is 11.8 Å². The molecule has 1 saturated heterocycles. The quantitative estimate of drug-likeness (QED) is 0.385. The summed E-state index contributed by atoms with van der Waals surface area (Å²) in [5.41, 5.74) is 9.14. The number of nitrogens with two attached hydrogens (primary N) is 1. The number of carboxylic acids is 1. The number of ketones is 1. The average molecular weight is 483 g/mol. The van der Waals surface area contributed by atoms with E-state index in [0.29, 0.717) is 29.7 Å². The molecule has 2 aliphatic heterocycles. The first kappa shape index (κ1) is 24.4. The van der Waals surface area contributed by atoms with Gasteiger partial charge in [0.15, 0.2) is 5.78 Å². The highest BCUT2D eigenvalue weighted by Gasteiger charge is 2.40. The number of hydrogen-bond acceptors (Lipinski definition) is 8. The van der Waals surface area contributed by atoms with Gasteiger partial charge in [0.05, 0.1) is 18.4 Å². The van der Waals surface area contributed by atoms with Crippen molar-refractivity contribution in [3.05, 3.63) is 70.3 Å². The van der Waals surface area contributed by atoms with Crippen LogP contribution in [-0.4, -0.2) is 82.4 Å². The highest BCUT2D eigenvalue weighted by molar-refractivity contribution is 7.99. The van der Waals surface area contributed by atoms with E-state index in [1.165, 1.54) is 0 Å². The van der Waals surface area contributed by atoms with Crippen LogP contribution in [0.2, 0.25) is 0 Å². The van der Waals surface area contributed by atoms with Crippen molar-refractivity contribution in [2.45, 2.75) is 18.5 Å². The first-order valence-electron chi connectivity index (χ1n) is 11.4. The van der Waals surface area contributed by atoms with Gasteiger partial charge >= 0.3 is 5.97 Å². The van der Waals surface area contributed by atoms with Gasteiger partial charge in [0, 0.05) is 55.3 Å². The SMILES string of the molecule is NC1(CCO)c2cc(C(=O)c3ccc(C=NN4CCSCC4)cc3)ccc2CCN1CC(=O)O. The van der Waals surface area contributed by atoms with Gasteiger partial charge in [0.1, 0.15) is 0 Å². The van der Waals surface area contributed by atoms with Crippen LogP contribution in [0.25, 0.3) is 0 Å². The normalized spacial score (nSPS) is 20.9. The summed E-state index contributed by atoms with van der Waals surface area (Å²) in [5.74, 6) is 1.05. The molecule has 0 amide bonds. The van der Waals surface area contributed by atoms with Gasteiger partial charge in [0.2, 0.25) is 0 Å². The van der Waals surface area contributed by atoms with Crippen LogP contribution in [0.1, 0.15) is 39.0 Å². The number of thioether (sulfide) groups is 1. The molecule has 2 aliphatic rings. The minimum Gasteiger partial charge on any atom is -0.480 e. The summed E-state index contributed by atoms with van der Waals surface area (Å²) in [6.07, 6.45) is 2.62. The molecule has 9 heteroatoms. The summed E-state index contributed by atoms with van der Waals surface area (Å²) >= 11 is 1.93. The Labute approximate surface area is 203 Å². The topological polar surface area (TPSA) is 119 Å². The fraction of sp³-hybridized carbons (Fsp3) is 0.400. The molecule has 34 heavy (non-hydrogen) atoms. The predicted molar refractivity (Wildman–Crippen MR) is 133 cm³/mol. The molecule has 0 saturated carbocycles. The number of aliphatic hydroxyl groups excluding tert-OH is 1. The van der Waals surface area contributed by atoms with Gasteiger partial charge in [-0.3, -0.25) is 19.5 Å². The van der Waals surface area contributed by atoms with E-state index in [-0.39, 0.29) is 25.4 Å². The number of benzene rings is 2. The molecule has 1 fully saturated rings. The van der Waals surface area contributed by atoms with E-state index in [1.807, 2.05) is 36.2 Å². The molecule has 8 nitrogen and oxygen atoms in total. The van der Waals surface area contributed by atoms with E-state index >= 15 is 0 Å². The fourth-order valence-electron chi connectivity index (χ4n) is 4.52. The van der Waals surface area contributed by atoms with E-state index < -0.39 is 11.6 Å². The summed E-state index contributed by atoms with van der Waals surface area (Å²) in [5, 5.41) is 25.5. The third-order valence-electron chi connectivity index (χ3n) is 6.40. The number of carbonyl (C=O) groups is 2. The monoisotopic (exact) mass is 482 g/mol. The maximum Gasteiger partial charge on any atom is 0.317 e. The van der Waals surface area contributed by atoms with Crippen LogP contribution in [0.3, 0.4) is 0 Å². The zero-order valence-electron chi connectivity index (χ0n) is 19.0. The standard InChI is InChI=1S/C25H30N4O4S/c26-25(8-12-30)22-15-21(6-5-19(22)7-9-28(25)17-23(31)32)24(33)20-3-1-18(2-4-20)16-27-29-10-13-34-14-11-29/h1-6,15-16,30H,7-14,17,26H2,(H,31,32). The third kappa shape index (κ3) is 5.33. The number of aliphatic hydroxyl groups is 1. The Hall–Kier alpha value is -2.72. The number of carboxylic acid groups (broad SMARTS) is 1. The van der Waals surface area contributed by atoms with E-state index in [2.05, 4.69) is 10.1 Å². The first-order chi connectivity index (χ1) is 16.4. The van der Waals surface area contributed by atoms with Gasteiger partial charge in [-0.25, -0.2) is 0 Å². The van der Waals surface area contributed by atoms with Crippen LogP contribution < -0.4 is 5.73 Å². The van der Waals surface area contributed by atoms with Crippen molar-refractivity contribution in [1.29, 1.82) is 0 Å². The predicted octanol–water partition coefficient (Wildman–Crippen LogP) is 1.74. The van der Waals surface area contributed by atoms with Gasteiger partial charge in [-0.05, 0) is 29.2 Å². The first-order valence-corrected chi connectivity index (χ1v) is 12.6. The summed E-state index contributed by atoms with van der Waals surface area (Å²) in [7, 11) is 0. The lowest BCUT2D eigenvalue weighted by molar-refractivity contribution is -0.140. The molecule has 180 valence electrons. The fourth-order valence-corrected chi connectivity index (χ4v) is 5.40. The molecule has 0 aliphatic carbocycles. The van der Waals surface area contributed by atoms with Gasteiger partial charge in [-0.1, -0.05) is 36.4 Å². The van der Waals surface area contributed by atoms with Crippen LogP contribution in [0.5, 0.6) is 0 Å². The minimum absolute atomic E-state index is 0.138. The van der Waals surface area contributed by atoms with Crippen molar-refractivity contribution in [2.24, 2.45) is 10.8 Å². The van der Waals surface area contributed by atoms with Crippen LogP contribution in [0, 0.1) is 0 Å². The average Bonchev–Trinajstić information content (AvgIpc) is 2.85. The molecule has 0 aromatic heterocycles. The number of nitrogens with zero attached hydrogens (tertiary/aromatic N) is 3. The molecule has 2 aromatic carbocycles. The Morgan fingerprint density at radius 3 is 2.47 bits per heavy atom. The smallest absolute Gasteiger partial charge is 0.317 e. The second-order valence-corrected chi connectivity index (χ2v) is 9.82. The van der Waals surface area contributed by atoms with Crippen LogP contribution in [-0.2, 0) is 16.9 Å². The molecular formula is C25H30N4O4S. The number of carbonyl (C=O) groups excluding carboxylic acids is 1. The van der Waals surface area contributed by atoms with Crippen molar-refractivity contribution in [3.63, 3.8) is 0 Å². The van der Waals surface area contributed by atoms with Gasteiger partial charge in [0.25, 0.3) is 0 Å². The van der Waals surface area contributed by atoms with Gasteiger partial charge < -0.3 is 15.9 Å². The number of hydrazone groups is 1. The summed E-state index contributed by atoms with van der Waals surface area (Å²) in [4.78, 5) is 26.3. The third-order valence-corrected chi connectivity index (χ3v) is 7.35. The van der Waals surface area contributed by atoms with Crippen LogP contribution in [0.4, 0.5) is 0 Å². The Morgan fingerprint density at radius 2 is 1.79 bits per heavy atom. The molecule has 4 rings (SSSR count). The van der Waals surface area contributed by atoms with E-state index in [0.717, 1.165) is 35.7 Å². The Kier molecular flexibility index (Phi) is 7.67. The molecular weight excluding hydrogens is 452 g/mol. The molecule has 0 radical (unpaired) electrons. The second-order valence-electron chi connectivity index (χ2n) is 8.60.